The van der Waals surface area contributed by atoms with Crippen LogP contribution in [0.5, 0.6) is 0 Å². The number of nitrogens with one attached hydrogen (secondary N) is 1. The van der Waals surface area contributed by atoms with Gasteiger partial charge >= 0.3 is 0 Å². The van der Waals surface area contributed by atoms with E-state index < -0.39 is 15.6 Å². The van der Waals surface area contributed by atoms with Crippen LogP contribution in [0.3, 0.4) is 0 Å². The number of rotatable bonds is 5. The highest BCUT2D eigenvalue weighted by molar-refractivity contribution is 7.89. The Balaban J connectivity index is 1.63. The fourth-order valence-corrected chi connectivity index (χ4v) is 5.89. The SMILES string of the molecule is Cc1cc(N2CCCC2=O)ccc1S(=O)(=O)NC1(c2ccc(Cl)cc2)CCC1. The Morgan fingerprint density at radius 3 is 2.32 bits per heavy atom. The van der Waals surface area contributed by atoms with Gasteiger partial charge in [0.2, 0.25) is 15.9 Å². The third kappa shape index (κ3) is 3.45. The molecule has 0 aromatic heterocycles. The lowest BCUT2D eigenvalue weighted by atomic mass is 9.73. The van der Waals surface area contributed by atoms with Crippen molar-refractivity contribution in [3.05, 3.63) is 58.6 Å². The van der Waals surface area contributed by atoms with Gasteiger partial charge in [-0.3, -0.25) is 4.79 Å². The van der Waals surface area contributed by atoms with E-state index >= 15 is 0 Å². The number of sulfonamides is 1. The van der Waals surface area contributed by atoms with E-state index in [1.54, 1.807) is 42.2 Å². The van der Waals surface area contributed by atoms with Crippen LogP contribution in [0.25, 0.3) is 0 Å². The molecule has 2 fully saturated rings. The van der Waals surface area contributed by atoms with Crippen molar-refractivity contribution in [1.29, 1.82) is 0 Å². The lowest BCUT2D eigenvalue weighted by Gasteiger charge is -2.42. The van der Waals surface area contributed by atoms with Crippen LogP contribution in [-0.2, 0) is 20.4 Å². The highest BCUT2D eigenvalue weighted by Crippen LogP contribution is 2.43. The molecule has 28 heavy (non-hydrogen) atoms. The largest absolute Gasteiger partial charge is 0.312 e. The summed E-state index contributed by atoms with van der Waals surface area (Å²) < 4.78 is 29.3. The number of carbonyl (C=O) groups excluding carboxylic acids is 1. The Hall–Kier alpha value is -1.89. The van der Waals surface area contributed by atoms with E-state index in [0.717, 1.165) is 36.9 Å². The van der Waals surface area contributed by atoms with E-state index in [1.807, 2.05) is 12.1 Å². The molecule has 1 heterocycles. The van der Waals surface area contributed by atoms with Crippen LogP contribution in [0.4, 0.5) is 5.69 Å². The van der Waals surface area contributed by atoms with Gasteiger partial charge in [-0.25, -0.2) is 13.1 Å². The van der Waals surface area contributed by atoms with Crippen LogP contribution < -0.4 is 9.62 Å². The first kappa shape index (κ1) is 19.4. The number of aryl methyl sites for hydroxylation is 1. The number of halogens is 1. The van der Waals surface area contributed by atoms with Gasteiger partial charge in [0, 0.05) is 23.7 Å². The van der Waals surface area contributed by atoms with Crippen LogP contribution in [0.1, 0.15) is 43.2 Å². The minimum Gasteiger partial charge on any atom is -0.312 e. The summed E-state index contributed by atoms with van der Waals surface area (Å²) in [6.45, 7) is 2.46. The van der Waals surface area contributed by atoms with Gasteiger partial charge in [0.25, 0.3) is 0 Å². The maximum atomic E-state index is 13.2. The lowest BCUT2D eigenvalue weighted by Crippen LogP contribution is -2.50. The van der Waals surface area contributed by atoms with E-state index in [2.05, 4.69) is 4.72 Å². The Morgan fingerprint density at radius 2 is 1.79 bits per heavy atom. The van der Waals surface area contributed by atoms with E-state index in [9.17, 15) is 13.2 Å². The molecule has 0 bridgehead atoms. The molecule has 0 radical (unpaired) electrons. The lowest BCUT2D eigenvalue weighted by molar-refractivity contribution is -0.117. The molecule has 4 rings (SSSR count). The first-order chi connectivity index (χ1) is 13.3. The second-order valence-electron chi connectivity index (χ2n) is 7.65. The Bertz CT molecular complexity index is 1010. The van der Waals surface area contributed by atoms with Gasteiger partial charge in [0.05, 0.1) is 10.4 Å². The average molecular weight is 419 g/mol. The van der Waals surface area contributed by atoms with E-state index in [-0.39, 0.29) is 10.8 Å². The molecule has 1 saturated carbocycles. The van der Waals surface area contributed by atoms with E-state index in [4.69, 9.17) is 11.6 Å². The van der Waals surface area contributed by atoms with Gasteiger partial charge < -0.3 is 4.90 Å². The first-order valence-electron chi connectivity index (χ1n) is 9.52. The molecule has 7 heteroatoms. The molecular weight excluding hydrogens is 396 g/mol. The highest BCUT2D eigenvalue weighted by Gasteiger charge is 2.42. The summed E-state index contributed by atoms with van der Waals surface area (Å²) in [6.07, 6.45) is 3.87. The van der Waals surface area contributed by atoms with Gasteiger partial charge in [0.15, 0.2) is 0 Å². The highest BCUT2D eigenvalue weighted by atomic mass is 35.5. The number of benzene rings is 2. The minimum atomic E-state index is -3.71. The zero-order valence-electron chi connectivity index (χ0n) is 15.7. The van der Waals surface area contributed by atoms with Crippen molar-refractivity contribution in [2.75, 3.05) is 11.4 Å². The third-order valence-electron chi connectivity index (χ3n) is 5.77. The van der Waals surface area contributed by atoms with E-state index in [0.29, 0.717) is 23.6 Å². The molecule has 1 aliphatic carbocycles. The molecule has 1 amide bonds. The van der Waals surface area contributed by atoms with Crippen LogP contribution in [0.2, 0.25) is 5.02 Å². The second kappa shape index (κ2) is 7.17. The smallest absolute Gasteiger partial charge is 0.241 e. The van der Waals surface area contributed by atoms with E-state index in [1.165, 1.54) is 0 Å². The van der Waals surface area contributed by atoms with Gasteiger partial charge in [0.1, 0.15) is 0 Å². The number of hydrogen-bond donors (Lipinski definition) is 1. The molecule has 2 aliphatic rings. The van der Waals surface area contributed by atoms with Gasteiger partial charge in [-0.15, -0.1) is 0 Å². The summed E-state index contributed by atoms with van der Waals surface area (Å²) in [6, 6.07) is 12.5. The molecule has 148 valence electrons. The predicted octanol–water partition coefficient (Wildman–Crippen LogP) is 4.13. The molecule has 1 aliphatic heterocycles. The number of carbonyl (C=O) groups is 1. The first-order valence-corrected chi connectivity index (χ1v) is 11.4. The van der Waals surface area contributed by atoms with Crippen molar-refractivity contribution in [1.82, 2.24) is 4.72 Å². The molecule has 2 aromatic rings. The Labute approximate surface area is 170 Å². The minimum absolute atomic E-state index is 0.0873. The molecule has 5 nitrogen and oxygen atoms in total. The standard InChI is InChI=1S/C21H23ClN2O3S/c1-15-14-18(24-13-2-4-20(24)25)9-10-19(15)28(26,27)23-21(11-3-12-21)16-5-7-17(22)8-6-16/h5-10,14,23H,2-4,11-13H2,1H3. The maximum Gasteiger partial charge on any atom is 0.241 e. The summed E-state index contributed by atoms with van der Waals surface area (Å²) in [4.78, 5) is 13.9. The number of anilines is 1. The maximum absolute atomic E-state index is 13.2. The van der Waals surface area contributed by atoms with Crippen molar-refractivity contribution in [2.45, 2.75) is 49.5 Å². The Kier molecular flexibility index (Phi) is 4.98. The van der Waals surface area contributed by atoms with Gasteiger partial charge in [-0.2, -0.15) is 0 Å². The van der Waals surface area contributed by atoms with Crippen LogP contribution in [0.15, 0.2) is 47.4 Å². The van der Waals surface area contributed by atoms with Crippen molar-refractivity contribution in [2.24, 2.45) is 0 Å². The number of nitrogens with zero attached hydrogens (tertiary/aromatic N) is 1. The molecule has 2 aromatic carbocycles. The second-order valence-corrected chi connectivity index (χ2v) is 9.73. The van der Waals surface area contributed by atoms with Crippen LogP contribution >= 0.6 is 11.6 Å². The summed E-state index contributed by atoms with van der Waals surface area (Å²) in [5, 5.41) is 0.629. The molecule has 0 atom stereocenters. The summed E-state index contributed by atoms with van der Waals surface area (Å²) in [7, 11) is -3.71. The van der Waals surface area contributed by atoms with Crippen LogP contribution in [0, 0.1) is 6.92 Å². The topological polar surface area (TPSA) is 66.5 Å². The monoisotopic (exact) mass is 418 g/mol. The molecule has 1 N–H and O–H groups in total. The summed E-state index contributed by atoms with van der Waals surface area (Å²) >= 11 is 5.99. The zero-order valence-corrected chi connectivity index (χ0v) is 17.3. The fourth-order valence-electron chi connectivity index (χ4n) is 4.09. The molecule has 0 unspecified atom stereocenters. The summed E-state index contributed by atoms with van der Waals surface area (Å²) in [5.74, 6) is 0.0873. The van der Waals surface area contributed by atoms with Crippen molar-refractivity contribution in [3.8, 4) is 0 Å². The fraction of sp³-hybridized carbons (Fsp3) is 0.381. The predicted molar refractivity (Wildman–Crippen MR) is 110 cm³/mol. The van der Waals surface area contributed by atoms with Gasteiger partial charge in [-0.1, -0.05) is 23.7 Å². The van der Waals surface area contributed by atoms with Crippen LogP contribution in [-0.4, -0.2) is 20.9 Å². The Morgan fingerprint density at radius 1 is 1.07 bits per heavy atom. The zero-order chi connectivity index (χ0) is 19.9. The molecular formula is C21H23ClN2O3S. The van der Waals surface area contributed by atoms with Gasteiger partial charge in [-0.05, 0) is 74.1 Å². The number of amides is 1. The average Bonchev–Trinajstić information content (AvgIpc) is 3.05. The number of hydrogen-bond acceptors (Lipinski definition) is 3. The van der Waals surface area contributed by atoms with Crippen molar-refractivity contribution < 1.29 is 13.2 Å². The third-order valence-corrected chi connectivity index (χ3v) is 7.72. The molecule has 0 spiro atoms. The normalized spacial score (nSPS) is 18.9. The summed E-state index contributed by atoms with van der Waals surface area (Å²) in [5.41, 5.74) is 1.74. The quantitative estimate of drug-likeness (QED) is 0.793. The van der Waals surface area contributed by atoms with Crippen molar-refractivity contribution in [3.63, 3.8) is 0 Å². The van der Waals surface area contributed by atoms with Crippen molar-refractivity contribution >= 4 is 33.2 Å². The molecule has 1 saturated heterocycles.